The number of rotatable bonds is 3. The lowest BCUT2D eigenvalue weighted by molar-refractivity contribution is 0.669. The minimum absolute atomic E-state index is 0.719. The average Bonchev–Trinajstić information content (AvgIpc) is 3.23. The molecule has 2 aromatic heterocycles. The van der Waals surface area contributed by atoms with E-state index in [-0.39, 0.29) is 0 Å². The Balaban J connectivity index is 1.59. The van der Waals surface area contributed by atoms with Crippen molar-refractivity contribution in [2.45, 2.75) is 0 Å². The monoisotopic (exact) mass is 524 g/mol. The van der Waals surface area contributed by atoms with Gasteiger partial charge in [-0.05, 0) is 51.9 Å². The number of furan rings is 1. The van der Waals surface area contributed by atoms with Gasteiger partial charge in [-0.15, -0.1) is 0 Å². The Labute approximate surface area is 198 Å². The summed E-state index contributed by atoms with van der Waals surface area (Å²) in [7, 11) is 0. The SMILES string of the molecule is Ic1cc(-c2cccc3oc4ccccc4c23)nc(-c2ccccc2-c2ccccc2)n1. The maximum absolute atomic E-state index is 6.09. The van der Waals surface area contributed by atoms with Crippen LogP contribution in [-0.2, 0) is 0 Å². The lowest BCUT2D eigenvalue weighted by atomic mass is 9.99. The molecule has 0 radical (unpaired) electrons. The van der Waals surface area contributed by atoms with E-state index in [9.17, 15) is 0 Å². The molecule has 0 saturated heterocycles. The van der Waals surface area contributed by atoms with Gasteiger partial charge >= 0.3 is 0 Å². The first-order chi connectivity index (χ1) is 15.8. The summed E-state index contributed by atoms with van der Waals surface area (Å²) >= 11 is 2.28. The Morgan fingerprint density at radius 2 is 1.28 bits per heavy atom. The van der Waals surface area contributed by atoms with E-state index in [0.29, 0.717) is 0 Å². The zero-order chi connectivity index (χ0) is 21.5. The highest BCUT2D eigenvalue weighted by atomic mass is 127. The molecule has 0 bridgehead atoms. The summed E-state index contributed by atoms with van der Waals surface area (Å²) in [5, 5.41) is 2.18. The molecule has 6 rings (SSSR count). The number of para-hydroxylation sites is 1. The van der Waals surface area contributed by atoms with Crippen LogP contribution in [0.1, 0.15) is 0 Å². The number of fused-ring (bicyclic) bond motifs is 3. The highest BCUT2D eigenvalue weighted by molar-refractivity contribution is 14.1. The van der Waals surface area contributed by atoms with Gasteiger partial charge in [0, 0.05) is 21.9 Å². The number of aromatic nitrogens is 2. The van der Waals surface area contributed by atoms with Crippen molar-refractivity contribution in [2.24, 2.45) is 0 Å². The van der Waals surface area contributed by atoms with Gasteiger partial charge in [0.15, 0.2) is 5.82 Å². The quantitative estimate of drug-likeness (QED) is 0.174. The maximum atomic E-state index is 6.09. The summed E-state index contributed by atoms with van der Waals surface area (Å²) in [5.41, 5.74) is 6.97. The van der Waals surface area contributed by atoms with Crippen LogP contribution in [0, 0.1) is 3.70 Å². The van der Waals surface area contributed by atoms with Crippen molar-refractivity contribution in [1.29, 1.82) is 0 Å². The molecule has 0 N–H and O–H groups in total. The summed E-state index contributed by atoms with van der Waals surface area (Å²) < 4.78 is 6.99. The van der Waals surface area contributed by atoms with Crippen LogP contribution in [0.4, 0.5) is 0 Å². The van der Waals surface area contributed by atoms with Crippen LogP contribution >= 0.6 is 22.6 Å². The van der Waals surface area contributed by atoms with E-state index in [2.05, 4.69) is 77.2 Å². The summed E-state index contributed by atoms with van der Waals surface area (Å²) in [6.45, 7) is 0. The lowest BCUT2D eigenvalue weighted by Gasteiger charge is -2.11. The zero-order valence-corrected chi connectivity index (χ0v) is 19.2. The number of halogens is 1. The zero-order valence-electron chi connectivity index (χ0n) is 17.0. The van der Waals surface area contributed by atoms with Gasteiger partial charge in [0.2, 0.25) is 0 Å². The molecule has 152 valence electrons. The van der Waals surface area contributed by atoms with E-state index in [4.69, 9.17) is 14.4 Å². The van der Waals surface area contributed by atoms with Crippen LogP contribution in [0.15, 0.2) is 108 Å². The van der Waals surface area contributed by atoms with E-state index in [1.807, 2.05) is 48.5 Å². The molecule has 0 atom stereocenters. The van der Waals surface area contributed by atoms with E-state index in [1.54, 1.807) is 0 Å². The molecule has 0 aliphatic heterocycles. The maximum Gasteiger partial charge on any atom is 0.161 e. The second-order valence-electron chi connectivity index (χ2n) is 7.59. The third-order valence-corrected chi connectivity index (χ3v) is 6.18. The van der Waals surface area contributed by atoms with Gasteiger partial charge in [0.1, 0.15) is 14.9 Å². The van der Waals surface area contributed by atoms with Crippen LogP contribution < -0.4 is 0 Å². The Morgan fingerprint density at radius 3 is 2.16 bits per heavy atom. The van der Waals surface area contributed by atoms with Crippen molar-refractivity contribution < 1.29 is 4.42 Å². The third kappa shape index (κ3) is 3.28. The van der Waals surface area contributed by atoms with Gasteiger partial charge in [0.25, 0.3) is 0 Å². The van der Waals surface area contributed by atoms with Crippen molar-refractivity contribution >= 4 is 44.5 Å². The van der Waals surface area contributed by atoms with Crippen molar-refractivity contribution in [2.75, 3.05) is 0 Å². The van der Waals surface area contributed by atoms with E-state index >= 15 is 0 Å². The molecule has 32 heavy (non-hydrogen) atoms. The molecule has 0 spiro atoms. The second-order valence-corrected chi connectivity index (χ2v) is 8.69. The smallest absolute Gasteiger partial charge is 0.161 e. The molecule has 0 amide bonds. The molecule has 4 aromatic carbocycles. The lowest BCUT2D eigenvalue weighted by Crippen LogP contribution is -1.97. The highest BCUT2D eigenvalue weighted by Gasteiger charge is 2.16. The van der Waals surface area contributed by atoms with Gasteiger partial charge in [-0.25, -0.2) is 9.97 Å². The van der Waals surface area contributed by atoms with Gasteiger partial charge < -0.3 is 4.42 Å². The fourth-order valence-corrected chi connectivity index (χ4v) is 4.74. The van der Waals surface area contributed by atoms with Gasteiger partial charge in [-0.1, -0.05) is 84.9 Å². The van der Waals surface area contributed by atoms with E-state index in [0.717, 1.165) is 59.4 Å². The minimum atomic E-state index is 0.719. The number of hydrogen-bond acceptors (Lipinski definition) is 3. The largest absolute Gasteiger partial charge is 0.456 e. The second kappa shape index (κ2) is 7.88. The molecule has 0 fully saturated rings. The molecule has 0 aliphatic carbocycles. The fourth-order valence-electron chi connectivity index (χ4n) is 4.21. The Morgan fingerprint density at radius 1 is 0.594 bits per heavy atom. The first kappa shape index (κ1) is 19.2. The van der Waals surface area contributed by atoms with Crippen LogP contribution in [0.3, 0.4) is 0 Å². The molecule has 0 unspecified atom stereocenters. The Kier molecular flexibility index (Phi) is 4.72. The van der Waals surface area contributed by atoms with Crippen LogP contribution in [0.25, 0.3) is 55.7 Å². The van der Waals surface area contributed by atoms with Crippen LogP contribution in [0.2, 0.25) is 0 Å². The Hall–Kier alpha value is -3.51. The third-order valence-electron chi connectivity index (χ3n) is 5.63. The molecule has 3 nitrogen and oxygen atoms in total. The van der Waals surface area contributed by atoms with Crippen molar-refractivity contribution in [3.05, 3.63) is 107 Å². The minimum Gasteiger partial charge on any atom is -0.456 e. The topological polar surface area (TPSA) is 38.9 Å². The van der Waals surface area contributed by atoms with Gasteiger partial charge in [0.05, 0.1) is 5.69 Å². The average molecular weight is 524 g/mol. The first-order valence-electron chi connectivity index (χ1n) is 10.4. The van der Waals surface area contributed by atoms with Crippen molar-refractivity contribution in [3.63, 3.8) is 0 Å². The molecule has 6 aromatic rings. The van der Waals surface area contributed by atoms with Gasteiger partial charge in [-0.2, -0.15) is 0 Å². The Bertz CT molecular complexity index is 1590. The number of nitrogens with zero attached hydrogens (tertiary/aromatic N) is 2. The molecule has 4 heteroatoms. The summed E-state index contributed by atoms with van der Waals surface area (Å²) in [6.07, 6.45) is 0. The van der Waals surface area contributed by atoms with Crippen LogP contribution in [0.5, 0.6) is 0 Å². The predicted octanol–water partition coefficient (Wildman–Crippen LogP) is 7.98. The predicted molar refractivity (Wildman–Crippen MR) is 138 cm³/mol. The fraction of sp³-hybridized carbons (Fsp3) is 0. The van der Waals surface area contributed by atoms with E-state index in [1.165, 1.54) is 0 Å². The molecule has 0 aliphatic rings. The summed E-state index contributed by atoms with van der Waals surface area (Å²) in [6, 6.07) is 35.0. The van der Waals surface area contributed by atoms with Gasteiger partial charge in [-0.3, -0.25) is 0 Å². The van der Waals surface area contributed by atoms with Crippen molar-refractivity contribution in [3.8, 4) is 33.8 Å². The highest BCUT2D eigenvalue weighted by Crippen LogP contribution is 2.37. The van der Waals surface area contributed by atoms with E-state index < -0.39 is 0 Å². The number of hydrogen-bond donors (Lipinski definition) is 0. The standard InChI is InChI=1S/C28H17IN2O/c29-26-17-23(21-14-8-16-25-27(21)22-13-6-7-15-24(22)32-25)30-28(31-26)20-12-5-4-11-19(20)18-9-2-1-3-10-18/h1-17H. The molecule has 2 heterocycles. The number of benzene rings is 4. The molecule has 0 saturated carbocycles. The summed E-state index contributed by atoms with van der Waals surface area (Å²) in [5.74, 6) is 0.719. The van der Waals surface area contributed by atoms with Crippen LogP contribution in [-0.4, -0.2) is 9.97 Å². The summed E-state index contributed by atoms with van der Waals surface area (Å²) in [4.78, 5) is 9.84. The van der Waals surface area contributed by atoms with Crippen molar-refractivity contribution in [1.82, 2.24) is 9.97 Å². The first-order valence-corrected chi connectivity index (χ1v) is 11.5. The molecular formula is C28H17IN2O. The molecular weight excluding hydrogens is 507 g/mol. The normalized spacial score (nSPS) is 11.3.